The van der Waals surface area contributed by atoms with Gasteiger partial charge in [-0.25, -0.2) is 4.79 Å². The molecule has 24 heavy (non-hydrogen) atoms. The SMILES string of the molecule is O=C(O)c1ccc([C@H]2C[C@@H]2C(=O)Nc2ccc3cnsc3c2)cc1. The van der Waals surface area contributed by atoms with Crippen molar-refractivity contribution in [3.63, 3.8) is 0 Å². The third kappa shape index (κ3) is 2.76. The summed E-state index contributed by atoms with van der Waals surface area (Å²) >= 11 is 1.40. The van der Waals surface area contributed by atoms with Crippen LogP contribution in [0.25, 0.3) is 10.1 Å². The number of nitrogens with one attached hydrogen (secondary N) is 1. The number of aromatic nitrogens is 1. The van der Waals surface area contributed by atoms with Crippen LogP contribution in [0.4, 0.5) is 5.69 Å². The maximum absolute atomic E-state index is 12.4. The van der Waals surface area contributed by atoms with Gasteiger partial charge in [0.15, 0.2) is 0 Å². The van der Waals surface area contributed by atoms with Gasteiger partial charge in [0.25, 0.3) is 0 Å². The highest BCUT2D eigenvalue weighted by molar-refractivity contribution is 7.13. The highest BCUT2D eigenvalue weighted by Gasteiger charge is 2.43. The molecule has 4 rings (SSSR count). The Morgan fingerprint density at radius 1 is 1.17 bits per heavy atom. The van der Waals surface area contributed by atoms with Gasteiger partial charge in [-0.05, 0) is 59.8 Å². The predicted octanol–water partition coefficient (Wildman–Crippen LogP) is 3.74. The van der Waals surface area contributed by atoms with Crippen molar-refractivity contribution >= 4 is 39.2 Å². The van der Waals surface area contributed by atoms with Gasteiger partial charge in [0.1, 0.15) is 0 Å². The number of hydrogen-bond donors (Lipinski definition) is 2. The Morgan fingerprint density at radius 2 is 1.96 bits per heavy atom. The van der Waals surface area contributed by atoms with Crippen LogP contribution in [0.15, 0.2) is 48.7 Å². The van der Waals surface area contributed by atoms with Gasteiger partial charge >= 0.3 is 5.97 Å². The lowest BCUT2D eigenvalue weighted by Gasteiger charge is -2.05. The van der Waals surface area contributed by atoms with Crippen molar-refractivity contribution in [2.75, 3.05) is 5.32 Å². The van der Waals surface area contributed by atoms with Crippen LogP contribution in [0.2, 0.25) is 0 Å². The molecule has 0 radical (unpaired) electrons. The average Bonchev–Trinajstić information content (AvgIpc) is 3.25. The van der Waals surface area contributed by atoms with Crippen LogP contribution in [0.1, 0.15) is 28.3 Å². The van der Waals surface area contributed by atoms with Gasteiger partial charge in [0.05, 0.1) is 10.3 Å². The van der Waals surface area contributed by atoms with Crippen molar-refractivity contribution in [1.29, 1.82) is 0 Å². The molecule has 0 unspecified atom stereocenters. The molecule has 3 aromatic rings. The number of amides is 1. The summed E-state index contributed by atoms with van der Waals surface area (Å²) in [6.07, 6.45) is 2.60. The number of nitrogens with zero attached hydrogens (tertiary/aromatic N) is 1. The van der Waals surface area contributed by atoms with Gasteiger partial charge in [-0.2, -0.15) is 4.37 Å². The van der Waals surface area contributed by atoms with Crippen LogP contribution in [-0.2, 0) is 4.79 Å². The number of fused-ring (bicyclic) bond motifs is 1. The van der Waals surface area contributed by atoms with Crippen LogP contribution < -0.4 is 5.32 Å². The van der Waals surface area contributed by atoms with E-state index in [4.69, 9.17) is 5.11 Å². The van der Waals surface area contributed by atoms with Crippen molar-refractivity contribution in [3.8, 4) is 0 Å². The third-order valence-corrected chi connectivity index (χ3v) is 5.10. The fraction of sp³-hybridized carbons (Fsp3) is 0.167. The molecule has 2 aromatic carbocycles. The number of carbonyl (C=O) groups is 2. The molecule has 1 aromatic heterocycles. The molecular formula is C18H14N2O3S. The standard InChI is InChI=1S/C18H14N2O3S/c21-17(20-13-6-5-12-9-19-24-16(12)7-13)15-8-14(15)10-1-3-11(4-2-10)18(22)23/h1-7,9,14-15H,8H2,(H,20,21)(H,22,23)/t14-,15+/m1/s1. The van der Waals surface area contributed by atoms with E-state index in [2.05, 4.69) is 9.69 Å². The van der Waals surface area contributed by atoms with E-state index in [-0.39, 0.29) is 23.3 Å². The van der Waals surface area contributed by atoms with Crippen LogP contribution in [0.5, 0.6) is 0 Å². The van der Waals surface area contributed by atoms with Gasteiger partial charge in [-0.15, -0.1) is 0 Å². The second kappa shape index (κ2) is 5.72. The number of rotatable bonds is 4. The molecule has 5 nitrogen and oxygen atoms in total. The molecule has 6 heteroatoms. The Labute approximate surface area is 142 Å². The summed E-state index contributed by atoms with van der Waals surface area (Å²) < 4.78 is 5.17. The lowest BCUT2D eigenvalue weighted by molar-refractivity contribution is -0.117. The predicted molar refractivity (Wildman–Crippen MR) is 92.5 cm³/mol. The Kier molecular flexibility index (Phi) is 3.54. The fourth-order valence-corrected chi connectivity index (χ4v) is 3.58. The normalized spacial score (nSPS) is 19.2. The topological polar surface area (TPSA) is 79.3 Å². The highest BCUT2D eigenvalue weighted by Crippen LogP contribution is 2.48. The Bertz CT molecular complexity index is 933. The lowest BCUT2D eigenvalue weighted by atomic mass is 10.1. The third-order valence-electron chi connectivity index (χ3n) is 4.34. The minimum absolute atomic E-state index is 0.00572. The summed E-state index contributed by atoms with van der Waals surface area (Å²) in [5.74, 6) is -0.825. The first kappa shape index (κ1) is 14.8. The highest BCUT2D eigenvalue weighted by atomic mass is 32.1. The van der Waals surface area contributed by atoms with Gasteiger partial charge in [0, 0.05) is 23.2 Å². The van der Waals surface area contributed by atoms with Gasteiger partial charge in [-0.1, -0.05) is 12.1 Å². The Hall–Kier alpha value is -2.73. The van der Waals surface area contributed by atoms with E-state index < -0.39 is 5.97 Å². The van der Waals surface area contributed by atoms with Gasteiger partial charge in [-0.3, -0.25) is 4.79 Å². The van der Waals surface area contributed by atoms with Crippen LogP contribution in [0, 0.1) is 5.92 Å². The van der Waals surface area contributed by atoms with E-state index in [1.54, 1.807) is 24.3 Å². The monoisotopic (exact) mass is 338 g/mol. The van der Waals surface area contributed by atoms with Crippen LogP contribution in [-0.4, -0.2) is 21.4 Å². The molecule has 1 fully saturated rings. The number of hydrogen-bond acceptors (Lipinski definition) is 4. The molecule has 2 atom stereocenters. The van der Waals surface area contributed by atoms with Crippen molar-refractivity contribution < 1.29 is 14.7 Å². The lowest BCUT2D eigenvalue weighted by Crippen LogP contribution is -2.14. The number of anilines is 1. The molecule has 1 saturated carbocycles. The number of carbonyl (C=O) groups excluding carboxylic acids is 1. The summed E-state index contributed by atoms with van der Waals surface area (Å²) in [5, 5.41) is 13.0. The first-order valence-corrected chi connectivity index (χ1v) is 8.38. The number of aromatic carboxylic acids is 1. The number of benzene rings is 2. The van der Waals surface area contributed by atoms with Crippen molar-refractivity contribution in [2.45, 2.75) is 12.3 Å². The molecule has 0 spiro atoms. The molecule has 1 aliphatic carbocycles. The largest absolute Gasteiger partial charge is 0.478 e. The number of carboxylic acids is 1. The molecular weight excluding hydrogens is 324 g/mol. The Morgan fingerprint density at radius 3 is 2.71 bits per heavy atom. The first-order valence-electron chi connectivity index (χ1n) is 7.60. The van der Waals surface area contributed by atoms with Crippen molar-refractivity contribution in [2.24, 2.45) is 5.92 Å². The van der Waals surface area contributed by atoms with Crippen LogP contribution >= 0.6 is 11.5 Å². The molecule has 0 aliphatic heterocycles. The fourth-order valence-electron chi connectivity index (χ4n) is 2.90. The minimum Gasteiger partial charge on any atom is -0.478 e. The zero-order chi connectivity index (χ0) is 16.7. The van der Waals surface area contributed by atoms with Crippen LogP contribution in [0.3, 0.4) is 0 Å². The first-order chi connectivity index (χ1) is 11.6. The van der Waals surface area contributed by atoms with Crippen molar-refractivity contribution in [1.82, 2.24) is 4.37 Å². The van der Waals surface area contributed by atoms with E-state index in [0.717, 1.165) is 27.8 Å². The average molecular weight is 338 g/mol. The van der Waals surface area contributed by atoms with E-state index in [1.165, 1.54) is 11.5 Å². The molecule has 120 valence electrons. The summed E-state index contributed by atoms with van der Waals surface area (Å²) in [4.78, 5) is 23.3. The Balaban J connectivity index is 1.43. The molecule has 2 N–H and O–H groups in total. The molecule has 1 heterocycles. The second-order valence-electron chi connectivity index (χ2n) is 5.94. The molecule has 0 bridgehead atoms. The maximum atomic E-state index is 12.4. The minimum atomic E-state index is -0.940. The number of carboxylic acid groups (broad SMARTS) is 1. The zero-order valence-corrected chi connectivity index (χ0v) is 13.4. The quantitative estimate of drug-likeness (QED) is 0.759. The van der Waals surface area contributed by atoms with Gasteiger partial charge < -0.3 is 10.4 Å². The summed E-state index contributed by atoms with van der Waals surface area (Å²) in [7, 11) is 0. The summed E-state index contributed by atoms with van der Waals surface area (Å²) in [5.41, 5.74) is 2.06. The maximum Gasteiger partial charge on any atom is 0.335 e. The zero-order valence-electron chi connectivity index (χ0n) is 12.6. The van der Waals surface area contributed by atoms with E-state index in [0.29, 0.717) is 0 Å². The second-order valence-corrected chi connectivity index (χ2v) is 6.78. The summed E-state index contributed by atoms with van der Waals surface area (Å²) in [6.45, 7) is 0. The van der Waals surface area contributed by atoms with Gasteiger partial charge in [0.2, 0.25) is 5.91 Å². The van der Waals surface area contributed by atoms with Crippen molar-refractivity contribution in [3.05, 3.63) is 59.8 Å². The molecule has 1 amide bonds. The van der Waals surface area contributed by atoms with E-state index in [1.807, 2.05) is 24.4 Å². The van der Waals surface area contributed by atoms with E-state index >= 15 is 0 Å². The smallest absolute Gasteiger partial charge is 0.335 e. The molecule has 0 saturated heterocycles. The molecule has 1 aliphatic rings. The summed E-state index contributed by atoms with van der Waals surface area (Å²) in [6, 6.07) is 12.5. The van der Waals surface area contributed by atoms with E-state index in [9.17, 15) is 9.59 Å².